The molecule has 14 heavy (non-hydrogen) atoms. The number of hydrogen-bond donors (Lipinski definition) is 0. The predicted octanol–water partition coefficient (Wildman–Crippen LogP) is 4.19. The summed E-state index contributed by atoms with van der Waals surface area (Å²) in [6.45, 7) is 7.05. The molecular weight excluding hydrogens is 180 g/mol. The van der Waals surface area contributed by atoms with E-state index < -0.39 is 0 Å². The standard InChI is InChI=1S/C8H12N6/c1-5(7(3)11-13-9)6(2)8(4)12-14-10/h1-4H3/b7-5+,8-6+. The average Bonchev–Trinajstić information content (AvgIpc) is 2.16. The van der Waals surface area contributed by atoms with Crippen LogP contribution in [0.15, 0.2) is 32.8 Å². The zero-order valence-electron chi connectivity index (χ0n) is 8.68. The van der Waals surface area contributed by atoms with Crippen LogP contribution in [0, 0.1) is 0 Å². The fraction of sp³-hybridized carbons (Fsp3) is 0.500. The number of azide groups is 2. The van der Waals surface area contributed by atoms with Crippen molar-refractivity contribution < 1.29 is 0 Å². The first-order valence-corrected chi connectivity index (χ1v) is 4.00. The Morgan fingerprint density at radius 1 is 0.786 bits per heavy atom. The molecule has 0 amide bonds. The molecule has 0 saturated carbocycles. The highest BCUT2D eigenvalue weighted by molar-refractivity contribution is 5.33. The van der Waals surface area contributed by atoms with Gasteiger partial charge in [-0.3, -0.25) is 0 Å². The van der Waals surface area contributed by atoms with E-state index in [0.29, 0.717) is 11.4 Å². The van der Waals surface area contributed by atoms with Crippen LogP contribution in [0.4, 0.5) is 0 Å². The number of nitrogens with zero attached hydrogens (tertiary/aromatic N) is 6. The van der Waals surface area contributed by atoms with Gasteiger partial charge >= 0.3 is 0 Å². The number of rotatable bonds is 3. The van der Waals surface area contributed by atoms with Crippen LogP contribution in [0.25, 0.3) is 20.9 Å². The van der Waals surface area contributed by atoms with Crippen LogP contribution in [0.2, 0.25) is 0 Å². The molecule has 0 bridgehead atoms. The third-order valence-corrected chi connectivity index (χ3v) is 2.04. The highest BCUT2D eigenvalue weighted by Gasteiger charge is 2.00. The zero-order valence-corrected chi connectivity index (χ0v) is 8.68. The molecular formula is C8H12N6. The minimum atomic E-state index is 0.581. The van der Waals surface area contributed by atoms with Crippen LogP contribution in [-0.2, 0) is 0 Å². The van der Waals surface area contributed by atoms with Crippen LogP contribution in [0.3, 0.4) is 0 Å². The van der Waals surface area contributed by atoms with E-state index in [1.165, 1.54) is 0 Å². The second kappa shape index (κ2) is 5.70. The summed E-state index contributed by atoms with van der Waals surface area (Å²) in [4.78, 5) is 5.37. The van der Waals surface area contributed by atoms with Gasteiger partial charge in [0.1, 0.15) is 0 Å². The lowest BCUT2D eigenvalue weighted by molar-refractivity contribution is 1.12. The van der Waals surface area contributed by atoms with Gasteiger partial charge < -0.3 is 0 Å². The summed E-state index contributed by atoms with van der Waals surface area (Å²) in [5.74, 6) is 0. The van der Waals surface area contributed by atoms with Crippen LogP contribution in [0.1, 0.15) is 27.7 Å². The normalized spacial score (nSPS) is 13.1. The summed E-state index contributed by atoms with van der Waals surface area (Å²) in [5, 5.41) is 6.96. The molecule has 0 unspecified atom stereocenters. The maximum atomic E-state index is 8.24. The third-order valence-electron chi connectivity index (χ3n) is 2.04. The van der Waals surface area contributed by atoms with Crippen LogP contribution >= 0.6 is 0 Å². The van der Waals surface area contributed by atoms with Crippen molar-refractivity contribution in [1.29, 1.82) is 0 Å². The first kappa shape index (κ1) is 12.1. The SMILES string of the molecule is C/C(N=[N+]=[N-])=C(C)\C(C)=C(/C)N=[N+]=[N-]. The predicted molar refractivity (Wildman–Crippen MR) is 55.0 cm³/mol. The summed E-state index contributed by atoms with van der Waals surface area (Å²) < 4.78 is 0. The quantitative estimate of drug-likeness (QED) is 0.277. The molecule has 0 aromatic rings. The summed E-state index contributed by atoms with van der Waals surface area (Å²) in [7, 11) is 0. The highest BCUT2D eigenvalue weighted by Crippen LogP contribution is 2.19. The topological polar surface area (TPSA) is 97.5 Å². The van der Waals surface area contributed by atoms with Gasteiger partial charge in [0.25, 0.3) is 0 Å². The molecule has 6 heteroatoms. The molecule has 0 aliphatic heterocycles. The zero-order chi connectivity index (χ0) is 11.1. The molecule has 6 nitrogen and oxygen atoms in total. The second-order valence-corrected chi connectivity index (χ2v) is 2.80. The molecule has 0 aliphatic carbocycles. The average molecular weight is 192 g/mol. The van der Waals surface area contributed by atoms with Gasteiger partial charge in [0, 0.05) is 21.2 Å². The minimum absolute atomic E-state index is 0.581. The Balaban J connectivity index is 5.32. The molecule has 0 spiro atoms. The van der Waals surface area contributed by atoms with Crippen molar-refractivity contribution in [1.82, 2.24) is 0 Å². The van der Waals surface area contributed by atoms with E-state index in [2.05, 4.69) is 20.1 Å². The summed E-state index contributed by atoms with van der Waals surface area (Å²) in [5.41, 5.74) is 19.3. The van der Waals surface area contributed by atoms with Gasteiger partial charge in [0.05, 0.1) is 0 Å². The van der Waals surface area contributed by atoms with E-state index in [1.54, 1.807) is 13.8 Å². The largest absolute Gasteiger partial charge is 0.0651 e. The number of hydrogen-bond acceptors (Lipinski definition) is 2. The first-order valence-electron chi connectivity index (χ1n) is 4.00. The molecule has 0 aliphatic rings. The summed E-state index contributed by atoms with van der Waals surface area (Å²) in [6, 6.07) is 0. The van der Waals surface area contributed by atoms with Crippen LogP contribution in [0.5, 0.6) is 0 Å². The lowest BCUT2D eigenvalue weighted by Crippen LogP contribution is -1.86. The Kier molecular flexibility index (Phi) is 4.92. The Morgan fingerprint density at radius 2 is 1.07 bits per heavy atom. The maximum Gasteiger partial charge on any atom is 0.0151 e. The molecule has 0 heterocycles. The molecule has 0 saturated heterocycles. The van der Waals surface area contributed by atoms with E-state index in [1.807, 2.05) is 13.8 Å². The lowest BCUT2D eigenvalue weighted by atomic mass is 10.1. The number of allylic oxidation sites excluding steroid dienone is 4. The van der Waals surface area contributed by atoms with Crippen molar-refractivity contribution >= 4 is 0 Å². The van der Waals surface area contributed by atoms with Crippen molar-refractivity contribution in [3.05, 3.63) is 43.4 Å². The smallest absolute Gasteiger partial charge is 0.0151 e. The molecule has 0 atom stereocenters. The Labute approximate surface area is 82.2 Å². The molecule has 0 N–H and O–H groups in total. The van der Waals surface area contributed by atoms with Gasteiger partial charge in [0.15, 0.2) is 0 Å². The van der Waals surface area contributed by atoms with Crippen LogP contribution in [-0.4, -0.2) is 0 Å². The molecule has 0 fully saturated rings. The summed E-state index contributed by atoms with van der Waals surface area (Å²) in [6.07, 6.45) is 0. The second-order valence-electron chi connectivity index (χ2n) is 2.80. The van der Waals surface area contributed by atoms with Crippen molar-refractivity contribution in [3.63, 3.8) is 0 Å². The Morgan fingerprint density at radius 3 is 1.29 bits per heavy atom. The van der Waals surface area contributed by atoms with Gasteiger partial charge in [-0.15, -0.1) is 0 Å². The monoisotopic (exact) mass is 192 g/mol. The fourth-order valence-electron chi connectivity index (χ4n) is 0.827. The first-order chi connectivity index (χ1) is 6.54. The maximum absolute atomic E-state index is 8.24. The van der Waals surface area contributed by atoms with E-state index in [0.717, 1.165) is 11.1 Å². The van der Waals surface area contributed by atoms with E-state index in [-0.39, 0.29) is 0 Å². The summed E-state index contributed by atoms with van der Waals surface area (Å²) >= 11 is 0. The third kappa shape index (κ3) is 3.23. The molecule has 74 valence electrons. The van der Waals surface area contributed by atoms with Gasteiger partial charge in [-0.1, -0.05) is 10.2 Å². The van der Waals surface area contributed by atoms with Crippen molar-refractivity contribution in [2.24, 2.45) is 10.2 Å². The molecule has 0 aromatic carbocycles. The Hall–Kier alpha value is -1.90. The van der Waals surface area contributed by atoms with Crippen molar-refractivity contribution in [3.8, 4) is 0 Å². The lowest BCUT2D eigenvalue weighted by Gasteiger charge is -2.05. The van der Waals surface area contributed by atoms with Crippen molar-refractivity contribution in [2.45, 2.75) is 27.7 Å². The molecule has 0 aromatic heterocycles. The molecule has 0 radical (unpaired) electrons. The van der Waals surface area contributed by atoms with E-state index >= 15 is 0 Å². The highest BCUT2D eigenvalue weighted by atomic mass is 15.1. The van der Waals surface area contributed by atoms with E-state index in [4.69, 9.17) is 11.1 Å². The fourth-order valence-corrected chi connectivity index (χ4v) is 0.827. The minimum Gasteiger partial charge on any atom is -0.0651 e. The van der Waals surface area contributed by atoms with Crippen LogP contribution < -0.4 is 0 Å². The van der Waals surface area contributed by atoms with Gasteiger partial charge in [-0.2, -0.15) is 0 Å². The van der Waals surface area contributed by atoms with Gasteiger partial charge in [0.2, 0.25) is 0 Å². The Bertz CT molecular complexity index is 339. The molecule has 0 rings (SSSR count). The van der Waals surface area contributed by atoms with E-state index in [9.17, 15) is 0 Å². The van der Waals surface area contributed by atoms with Gasteiger partial charge in [-0.25, -0.2) is 0 Å². The van der Waals surface area contributed by atoms with Crippen molar-refractivity contribution in [2.75, 3.05) is 0 Å². The van der Waals surface area contributed by atoms with Gasteiger partial charge in [-0.05, 0) is 49.9 Å².